The van der Waals surface area contributed by atoms with E-state index in [1.165, 1.54) is 36.4 Å². The summed E-state index contributed by atoms with van der Waals surface area (Å²) >= 11 is 0. The first-order valence-corrected chi connectivity index (χ1v) is 5.72. The van der Waals surface area contributed by atoms with E-state index in [1.807, 2.05) is 0 Å². The van der Waals surface area contributed by atoms with Gasteiger partial charge in [0.25, 0.3) is 5.69 Å². The van der Waals surface area contributed by atoms with E-state index in [2.05, 4.69) is 5.43 Å². The molecule has 0 spiro atoms. The summed E-state index contributed by atoms with van der Waals surface area (Å²) in [6, 6.07) is 10.1. The number of nitrogen functional groups attached to an aromatic ring is 1. The third-order valence-corrected chi connectivity index (χ3v) is 2.63. The fourth-order valence-corrected chi connectivity index (χ4v) is 1.64. The van der Waals surface area contributed by atoms with E-state index < -0.39 is 4.92 Å². The molecule has 20 heavy (non-hydrogen) atoms. The molecule has 0 atom stereocenters. The van der Waals surface area contributed by atoms with Gasteiger partial charge in [0.05, 0.1) is 4.92 Å². The third-order valence-electron chi connectivity index (χ3n) is 2.63. The monoisotopic (exact) mass is 277 g/mol. The Balaban J connectivity index is 2.11. The number of nitrogens with one attached hydrogen (secondary N) is 1. The molecule has 0 heterocycles. The van der Waals surface area contributed by atoms with Gasteiger partial charge < -0.3 is 10.2 Å². The molecule has 0 amide bonds. The first kappa shape index (κ1) is 13.8. The fraction of sp³-hybridized carbons (Fsp3) is 0.0769. The number of hydrogen-bond donors (Lipinski definition) is 2. The van der Waals surface area contributed by atoms with Crippen LogP contribution in [0.3, 0.4) is 0 Å². The van der Waals surface area contributed by atoms with Crippen LogP contribution in [0.5, 0.6) is 5.75 Å². The number of nitrogens with two attached hydrogens (primary N) is 1. The van der Waals surface area contributed by atoms with Crippen molar-refractivity contribution in [2.24, 2.45) is 5.84 Å². The number of nitro benzene ring substituents is 1. The van der Waals surface area contributed by atoms with E-state index in [0.29, 0.717) is 11.3 Å². The summed E-state index contributed by atoms with van der Waals surface area (Å²) in [4.78, 5) is 10.3. The Morgan fingerprint density at radius 1 is 1.25 bits per heavy atom. The third kappa shape index (κ3) is 3.21. The lowest BCUT2D eigenvalue weighted by molar-refractivity contribution is -0.384. The number of halogens is 1. The quantitative estimate of drug-likeness (QED) is 0.498. The highest BCUT2D eigenvalue weighted by atomic mass is 19.1. The molecule has 0 bridgehead atoms. The second-order valence-electron chi connectivity index (χ2n) is 4.00. The van der Waals surface area contributed by atoms with Gasteiger partial charge in [-0.3, -0.25) is 16.0 Å². The van der Waals surface area contributed by atoms with Gasteiger partial charge in [-0.15, -0.1) is 0 Å². The SMILES string of the molecule is NNc1ccc(COc2ccc(F)cc2)cc1[N+](=O)[O-]. The second kappa shape index (κ2) is 5.98. The second-order valence-corrected chi connectivity index (χ2v) is 4.00. The summed E-state index contributed by atoms with van der Waals surface area (Å²) in [7, 11) is 0. The maximum Gasteiger partial charge on any atom is 0.294 e. The zero-order valence-corrected chi connectivity index (χ0v) is 10.4. The summed E-state index contributed by atoms with van der Waals surface area (Å²) in [5.41, 5.74) is 2.96. The zero-order chi connectivity index (χ0) is 14.5. The molecule has 0 radical (unpaired) electrons. The van der Waals surface area contributed by atoms with Crippen LogP contribution < -0.4 is 16.0 Å². The Bertz CT molecular complexity index is 617. The highest BCUT2D eigenvalue weighted by Crippen LogP contribution is 2.25. The summed E-state index contributed by atoms with van der Waals surface area (Å²) in [6.07, 6.45) is 0. The van der Waals surface area contributed by atoms with Crippen LogP contribution in [0, 0.1) is 15.9 Å². The van der Waals surface area contributed by atoms with E-state index in [0.717, 1.165) is 0 Å². The van der Waals surface area contributed by atoms with Crippen LogP contribution >= 0.6 is 0 Å². The van der Waals surface area contributed by atoms with Gasteiger partial charge in [-0.05, 0) is 35.9 Å². The summed E-state index contributed by atoms with van der Waals surface area (Å²) < 4.78 is 18.1. The average Bonchev–Trinajstić information content (AvgIpc) is 2.46. The minimum atomic E-state index is -0.531. The maximum absolute atomic E-state index is 12.7. The molecule has 0 aliphatic heterocycles. The molecule has 0 aliphatic rings. The highest BCUT2D eigenvalue weighted by Gasteiger charge is 2.13. The van der Waals surface area contributed by atoms with Gasteiger partial charge in [-0.2, -0.15) is 0 Å². The molecule has 0 aromatic heterocycles. The average molecular weight is 277 g/mol. The van der Waals surface area contributed by atoms with Crippen molar-refractivity contribution >= 4 is 11.4 Å². The molecule has 2 rings (SSSR count). The molecule has 2 aromatic carbocycles. The Hall–Kier alpha value is -2.67. The van der Waals surface area contributed by atoms with Crippen LogP contribution in [0.25, 0.3) is 0 Å². The van der Waals surface area contributed by atoms with E-state index in [4.69, 9.17) is 10.6 Å². The van der Waals surface area contributed by atoms with Crippen LogP contribution in [-0.2, 0) is 6.61 Å². The number of rotatable bonds is 5. The van der Waals surface area contributed by atoms with E-state index in [-0.39, 0.29) is 23.8 Å². The molecular formula is C13H12FN3O3. The van der Waals surface area contributed by atoms with Crippen molar-refractivity contribution in [1.82, 2.24) is 0 Å². The van der Waals surface area contributed by atoms with Crippen molar-refractivity contribution in [3.63, 3.8) is 0 Å². The molecule has 0 aliphatic carbocycles. The van der Waals surface area contributed by atoms with E-state index in [1.54, 1.807) is 6.07 Å². The number of anilines is 1. The number of benzene rings is 2. The molecule has 7 heteroatoms. The first-order chi connectivity index (χ1) is 9.60. The van der Waals surface area contributed by atoms with Crippen LogP contribution in [0.1, 0.15) is 5.56 Å². The fourth-order valence-electron chi connectivity index (χ4n) is 1.64. The minimum Gasteiger partial charge on any atom is -0.489 e. The van der Waals surface area contributed by atoms with Crippen molar-refractivity contribution in [2.45, 2.75) is 6.61 Å². The van der Waals surface area contributed by atoms with Gasteiger partial charge in [0.1, 0.15) is 23.9 Å². The Labute approximate surface area is 114 Å². The molecule has 0 saturated heterocycles. The molecule has 0 unspecified atom stereocenters. The van der Waals surface area contributed by atoms with Gasteiger partial charge in [-0.1, -0.05) is 6.07 Å². The molecule has 0 fully saturated rings. The largest absolute Gasteiger partial charge is 0.489 e. The van der Waals surface area contributed by atoms with Crippen molar-refractivity contribution < 1.29 is 14.1 Å². The van der Waals surface area contributed by atoms with Gasteiger partial charge >= 0.3 is 0 Å². The van der Waals surface area contributed by atoms with Crippen LogP contribution in [-0.4, -0.2) is 4.92 Å². The van der Waals surface area contributed by atoms with Gasteiger partial charge in [0, 0.05) is 6.07 Å². The normalized spacial score (nSPS) is 10.1. The van der Waals surface area contributed by atoms with E-state index >= 15 is 0 Å². The van der Waals surface area contributed by atoms with Crippen molar-refractivity contribution in [2.75, 3.05) is 5.43 Å². The van der Waals surface area contributed by atoms with Crippen LogP contribution in [0.2, 0.25) is 0 Å². The topological polar surface area (TPSA) is 90.4 Å². The van der Waals surface area contributed by atoms with E-state index in [9.17, 15) is 14.5 Å². The Kier molecular flexibility index (Phi) is 4.11. The lowest BCUT2D eigenvalue weighted by Crippen LogP contribution is -2.09. The van der Waals surface area contributed by atoms with Crippen molar-refractivity contribution in [1.29, 1.82) is 0 Å². The first-order valence-electron chi connectivity index (χ1n) is 5.72. The Morgan fingerprint density at radius 3 is 2.55 bits per heavy atom. The van der Waals surface area contributed by atoms with Gasteiger partial charge in [-0.25, -0.2) is 4.39 Å². The summed E-state index contributed by atoms with van der Waals surface area (Å²) in [5.74, 6) is 5.32. The molecule has 3 N–H and O–H groups in total. The molecule has 104 valence electrons. The molecule has 6 nitrogen and oxygen atoms in total. The lowest BCUT2D eigenvalue weighted by atomic mass is 10.2. The van der Waals surface area contributed by atoms with Gasteiger partial charge in [0.2, 0.25) is 0 Å². The van der Waals surface area contributed by atoms with Crippen molar-refractivity contribution in [3.05, 3.63) is 64.0 Å². The number of hydrazine groups is 1. The van der Waals surface area contributed by atoms with Gasteiger partial charge in [0.15, 0.2) is 0 Å². The Morgan fingerprint density at radius 2 is 1.95 bits per heavy atom. The summed E-state index contributed by atoms with van der Waals surface area (Å²) in [6.45, 7) is 0.136. The smallest absolute Gasteiger partial charge is 0.294 e. The molecular weight excluding hydrogens is 265 g/mol. The summed E-state index contributed by atoms with van der Waals surface area (Å²) in [5, 5.41) is 10.9. The predicted octanol–water partition coefficient (Wildman–Crippen LogP) is 2.60. The minimum absolute atomic E-state index is 0.132. The predicted molar refractivity (Wildman–Crippen MR) is 71.6 cm³/mol. The van der Waals surface area contributed by atoms with Crippen LogP contribution in [0.15, 0.2) is 42.5 Å². The van der Waals surface area contributed by atoms with Crippen LogP contribution in [0.4, 0.5) is 15.8 Å². The zero-order valence-electron chi connectivity index (χ0n) is 10.4. The number of nitrogens with zero attached hydrogens (tertiary/aromatic N) is 1. The maximum atomic E-state index is 12.7. The molecule has 2 aromatic rings. The number of nitro groups is 1. The lowest BCUT2D eigenvalue weighted by Gasteiger charge is -2.07. The van der Waals surface area contributed by atoms with Crippen molar-refractivity contribution in [3.8, 4) is 5.75 Å². The molecule has 0 saturated carbocycles. The number of ether oxygens (including phenoxy) is 1. The number of hydrogen-bond acceptors (Lipinski definition) is 5. The standard InChI is InChI=1S/C13H12FN3O3/c14-10-2-4-11(5-3-10)20-8-9-1-6-12(16-15)13(7-9)17(18)19/h1-7,16H,8,15H2. The highest BCUT2D eigenvalue weighted by molar-refractivity contribution is 5.61.